The summed E-state index contributed by atoms with van der Waals surface area (Å²) in [7, 11) is 0. The van der Waals surface area contributed by atoms with E-state index in [9.17, 15) is 4.79 Å². The van der Waals surface area contributed by atoms with E-state index in [4.69, 9.17) is 10.5 Å². The molecule has 16 heavy (non-hydrogen) atoms. The van der Waals surface area contributed by atoms with Gasteiger partial charge in [0.1, 0.15) is 0 Å². The lowest BCUT2D eigenvalue weighted by atomic mass is 9.90. The van der Waals surface area contributed by atoms with Crippen molar-refractivity contribution < 1.29 is 9.53 Å². The van der Waals surface area contributed by atoms with E-state index in [1.165, 1.54) is 11.3 Å². The van der Waals surface area contributed by atoms with E-state index < -0.39 is 5.54 Å². The van der Waals surface area contributed by atoms with E-state index >= 15 is 0 Å². The first-order chi connectivity index (χ1) is 7.71. The van der Waals surface area contributed by atoms with Crippen molar-refractivity contribution in [3.05, 3.63) is 16.6 Å². The highest BCUT2D eigenvalue weighted by Crippen LogP contribution is 2.18. The van der Waals surface area contributed by atoms with Crippen molar-refractivity contribution in [1.29, 1.82) is 0 Å². The van der Waals surface area contributed by atoms with Crippen LogP contribution in [0.25, 0.3) is 0 Å². The zero-order valence-corrected chi connectivity index (χ0v) is 9.76. The molecule has 6 heteroatoms. The largest absolute Gasteiger partial charge is 0.381 e. The van der Waals surface area contributed by atoms with Gasteiger partial charge in [0.15, 0.2) is 0 Å². The van der Waals surface area contributed by atoms with Crippen molar-refractivity contribution in [3.63, 3.8) is 0 Å². The van der Waals surface area contributed by atoms with Crippen LogP contribution in [-0.2, 0) is 16.1 Å². The maximum Gasteiger partial charge on any atom is 0.240 e. The first kappa shape index (κ1) is 11.5. The zero-order valence-electron chi connectivity index (χ0n) is 8.94. The third-order valence-electron chi connectivity index (χ3n) is 2.74. The van der Waals surface area contributed by atoms with Crippen LogP contribution in [0.4, 0.5) is 0 Å². The van der Waals surface area contributed by atoms with Gasteiger partial charge < -0.3 is 15.8 Å². The highest BCUT2D eigenvalue weighted by Gasteiger charge is 2.35. The van der Waals surface area contributed by atoms with Crippen LogP contribution in [0, 0.1) is 0 Å². The van der Waals surface area contributed by atoms with Crippen molar-refractivity contribution in [3.8, 4) is 0 Å². The average Bonchev–Trinajstić information content (AvgIpc) is 2.79. The van der Waals surface area contributed by atoms with Crippen molar-refractivity contribution in [2.75, 3.05) is 13.2 Å². The molecule has 0 radical (unpaired) electrons. The summed E-state index contributed by atoms with van der Waals surface area (Å²) in [5.41, 5.74) is 7.02. The molecule has 2 rings (SSSR count). The van der Waals surface area contributed by atoms with Crippen molar-refractivity contribution in [1.82, 2.24) is 10.3 Å². The average molecular weight is 241 g/mol. The summed E-state index contributed by atoms with van der Waals surface area (Å²) >= 11 is 1.52. The molecule has 0 bridgehead atoms. The number of nitrogens with two attached hydrogens (primary N) is 1. The molecule has 1 aromatic rings. The van der Waals surface area contributed by atoms with Crippen LogP contribution in [0.1, 0.15) is 17.7 Å². The van der Waals surface area contributed by atoms with Gasteiger partial charge in [-0.2, -0.15) is 0 Å². The molecule has 1 aliphatic rings. The predicted molar refractivity (Wildman–Crippen MR) is 60.9 cm³/mol. The van der Waals surface area contributed by atoms with E-state index in [0.29, 0.717) is 32.6 Å². The van der Waals surface area contributed by atoms with E-state index in [0.717, 1.165) is 4.88 Å². The molecule has 0 unspecified atom stereocenters. The topological polar surface area (TPSA) is 77.2 Å². The fourth-order valence-corrected chi connectivity index (χ4v) is 2.17. The van der Waals surface area contributed by atoms with Crippen LogP contribution >= 0.6 is 11.3 Å². The highest BCUT2D eigenvalue weighted by atomic mass is 32.1. The van der Waals surface area contributed by atoms with E-state index in [1.54, 1.807) is 11.7 Å². The second-order valence-electron chi connectivity index (χ2n) is 3.92. The molecule has 0 atom stereocenters. The summed E-state index contributed by atoms with van der Waals surface area (Å²) in [4.78, 5) is 16.9. The minimum absolute atomic E-state index is 0.0933. The van der Waals surface area contributed by atoms with Gasteiger partial charge in [-0.05, 0) is 12.8 Å². The van der Waals surface area contributed by atoms with Crippen LogP contribution in [0.2, 0.25) is 0 Å². The number of ether oxygens (including phenoxy) is 1. The van der Waals surface area contributed by atoms with Gasteiger partial charge in [-0.3, -0.25) is 9.78 Å². The second-order valence-corrected chi connectivity index (χ2v) is 4.89. The maximum absolute atomic E-state index is 11.9. The number of carbonyl (C=O) groups excluding carboxylic acids is 1. The molecule has 0 saturated carbocycles. The lowest BCUT2D eigenvalue weighted by molar-refractivity contribution is -0.129. The molecule has 5 nitrogen and oxygen atoms in total. The first-order valence-electron chi connectivity index (χ1n) is 5.23. The Kier molecular flexibility index (Phi) is 3.52. The summed E-state index contributed by atoms with van der Waals surface area (Å²) in [5, 5.41) is 2.85. The van der Waals surface area contributed by atoms with Gasteiger partial charge in [-0.15, -0.1) is 11.3 Å². The molecule has 0 spiro atoms. The number of hydrogen-bond acceptors (Lipinski definition) is 5. The molecule has 88 valence electrons. The minimum atomic E-state index is -0.761. The van der Waals surface area contributed by atoms with E-state index in [2.05, 4.69) is 10.3 Å². The Morgan fingerprint density at radius 2 is 2.38 bits per heavy atom. The van der Waals surface area contributed by atoms with Crippen LogP contribution in [0.5, 0.6) is 0 Å². The summed E-state index contributed by atoms with van der Waals surface area (Å²) in [5.74, 6) is -0.0933. The quantitative estimate of drug-likeness (QED) is 0.796. The Balaban J connectivity index is 1.87. The number of amides is 1. The lowest BCUT2D eigenvalue weighted by Gasteiger charge is -2.31. The molecule has 1 amide bonds. The normalized spacial score (nSPS) is 19.3. The van der Waals surface area contributed by atoms with Crippen molar-refractivity contribution in [2.24, 2.45) is 5.73 Å². The highest BCUT2D eigenvalue weighted by molar-refractivity contribution is 7.09. The number of rotatable bonds is 3. The van der Waals surface area contributed by atoms with Crippen LogP contribution < -0.4 is 11.1 Å². The zero-order chi connectivity index (χ0) is 11.4. The minimum Gasteiger partial charge on any atom is -0.381 e. The van der Waals surface area contributed by atoms with Crippen molar-refractivity contribution in [2.45, 2.75) is 24.9 Å². The SMILES string of the molecule is NC1(C(=O)NCc2cncs2)CCOCC1. The molecule has 1 saturated heterocycles. The molecular formula is C10H15N3O2S. The van der Waals surface area contributed by atoms with Crippen LogP contribution in [0.15, 0.2) is 11.7 Å². The maximum atomic E-state index is 11.9. The van der Waals surface area contributed by atoms with Gasteiger partial charge in [0, 0.05) is 24.3 Å². The van der Waals surface area contributed by atoms with E-state index in [1.807, 2.05) is 0 Å². The lowest BCUT2D eigenvalue weighted by Crippen LogP contribution is -2.56. The number of nitrogens with one attached hydrogen (secondary N) is 1. The molecule has 2 heterocycles. The van der Waals surface area contributed by atoms with Gasteiger partial charge in [0.05, 0.1) is 17.6 Å². The molecular weight excluding hydrogens is 226 g/mol. The number of nitrogens with zero attached hydrogens (tertiary/aromatic N) is 1. The number of thiazole rings is 1. The van der Waals surface area contributed by atoms with Gasteiger partial charge >= 0.3 is 0 Å². The summed E-state index contributed by atoms with van der Waals surface area (Å²) in [6.45, 7) is 1.62. The fourth-order valence-electron chi connectivity index (χ4n) is 1.64. The van der Waals surface area contributed by atoms with Crippen LogP contribution in [0.3, 0.4) is 0 Å². The summed E-state index contributed by atoms with van der Waals surface area (Å²) in [6, 6.07) is 0. The Morgan fingerprint density at radius 1 is 1.62 bits per heavy atom. The Hall–Kier alpha value is -0.980. The molecule has 1 aromatic heterocycles. The first-order valence-corrected chi connectivity index (χ1v) is 6.11. The predicted octanol–water partition coefficient (Wildman–Crippen LogP) is 0.267. The Labute approximate surface area is 98.0 Å². The van der Waals surface area contributed by atoms with Crippen LogP contribution in [-0.4, -0.2) is 29.6 Å². The summed E-state index contributed by atoms with van der Waals surface area (Å²) < 4.78 is 5.20. The Morgan fingerprint density at radius 3 is 3.00 bits per heavy atom. The molecule has 0 aliphatic carbocycles. The fraction of sp³-hybridized carbons (Fsp3) is 0.600. The molecule has 1 aliphatic heterocycles. The van der Waals surface area contributed by atoms with Gasteiger partial charge in [-0.1, -0.05) is 0 Å². The summed E-state index contributed by atoms with van der Waals surface area (Å²) in [6.07, 6.45) is 2.92. The standard InChI is InChI=1S/C10H15N3O2S/c11-10(1-3-15-4-2-10)9(14)13-6-8-5-12-7-16-8/h5,7H,1-4,6,11H2,(H,13,14). The number of hydrogen-bond donors (Lipinski definition) is 2. The molecule has 1 fully saturated rings. The van der Waals surface area contributed by atoms with Gasteiger partial charge in [0.2, 0.25) is 5.91 Å². The molecule has 0 aromatic carbocycles. The second kappa shape index (κ2) is 4.90. The van der Waals surface area contributed by atoms with Gasteiger partial charge in [0.25, 0.3) is 0 Å². The third-order valence-corrected chi connectivity index (χ3v) is 3.52. The Bertz CT molecular complexity index is 347. The van der Waals surface area contributed by atoms with E-state index in [-0.39, 0.29) is 5.91 Å². The molecule has 3 N–H and O–H groups in total. The third kappa shape index (κ3) is 2.58. The van der Waals surface area contributed by atoms with Gasteiger partial charge in [-0.25, -0.2) is 0 Å². The monoisotopic (exact) mass is 241 g/mol. The number of carbonyl (C=O) groups is 1. The van der Waals surface area contributed by atoms with Crippen molar-refractivity contribution >= 4 is 17.2 Å². The number of aromatic nitrogens is 1. The smallest absolute Gasteiger partial charge is 0.240 e.